The van der Waals surface area contributed by atoms with Gasteiger partial charge in [-0.3, -0.25) is 0 Å². The van der Waals surface area contributed by atoms with Crippen LogP contribution in [0.2, 0.25) is 0 Å². The predicted molar refractivity (Wildman–Crippen MR) is 82.2 cm³/mol. The van der Waals surface area contributed by atoms with Gasteiger partial charge < -0.3 is 15.2 Å². The monoisotopic (exact) mass is 277 g/mol. The van der Waals surface area contributed by atoms with E-state index in [2.05, 4.69) is 19.2 Å². The Morgan fingerprint density at radius 2 is 2.05 bits per heavy atom. The molecule has 1 aliphatic carbocycles. The number of ether oxygens (including phenoxy) is 1. The summed E-state index contributed by atoms with van der Waals surface area (Å²) in [6.45, 7) is 4.46. The molecule has 3 unspecified atom stereocenters. The summed E-state index contributed by atoms with van der Waals surface area (Å²) in [5, 5.41) is 13.7. The van der Waals surface area contributed by atoms with Crippen LogP contribution in [-0.2, 0) is 0 Å². The van der Waals surface area contributed by atoms with E-state index >= 15 is 0 Å². The molecule has 1 fully saturated rings. The van der Waals surface area contributed by atoms with Crippen LogP contribution in [0.3, 0.4) is 0 Å². The van der Waals surface area contributed by atoms with Crippen molar-refractivity contribution in [1.82, 2.24) is 5.32 Å². The quantitative estimate of drug-likeness (QED) is 0.817. The standard InChI is InChI=1S/C17H27NO2/c1-12-5-4-6-14(8-7-12)18-13(2)16-11-15(20-3)9-10-17(16)19/h9-14,18-19H,4-8H2,1-3H3. The Balaban J connectivity index is 2.02. The van der Waals surface area contributed by atoms with Crippen molar-refractivity contribution in [2.75, 3.05) is 7.11 Å². The Kier molecular flexibility index (Phi) is 5.30. The van der Waals surface area contributed by atoms with Crippen LogP contribution < -0.4 is 10.1 Å². The smallest absolute Gasteiger partial charge is 0.120 e. The minimum absolute atomic E-state index is 0.142. The Labute approximate surface area is 122 Å². The fraction of sp³-hybridized carbons (Fsp3) is 0.647. The molecule has 0 bridgehead atoms. The summed E-state index contributed by atoms with van der Waals surface area (Å²) in [6, 6.07) is 6.12. The second kappa shape index (κ2) is 6.98. The van der Waals surface area contributed by atoms with E-state index in [1.165, 1.54) is 32.1 Å². The van der Waals surface area contributed by atoms with Gasteiger partial charge >= 0.3 is 0 Å². The summed E-state index contributed by atoms with van der Waals surface area (Å²) in [5.74, 6) is 1.98. The number of hydrogen-bond donors (Lipinski definition) is 2. The van der Waals surface area contributed by atoms with E-state index in [-0.39, 0.29) is 6.04 Å². The first-order chi connectivity index (χ1) is 9.60. The van der Waals surface area contributed by atoms with Crippen molar-refractivity contribution in [3.63, 3.8) is 0 Å². The summed E-state index contributed by atoms with van der Waals surface area (Å²) in [6.07, 6.45) is 6.41. The Hall–Kier alpha value is -1.22. The van der Waals surface area contributed by atoms with Crippen molar-refractivity contribution in [3.05, 3.63) is 23.8 Å². The molecule has 1 aliphatic rings. The molecule has 0 radical (unpaired) electrons. The highest BCUT2D eigenvalue weighted by Crippen LogP contribution is 2.30. The molecular weight excluding hydrogens is 250 g/mol. The van der Waals surface area contributed by atoms with Crippen LogP contribution in [-0.4, -0.2) is 18.3 Å². The normalized spacial score (nSPS) is 24.9. The number of methoxy groups -OCH3 is 1. The Morgan fingerprint density at radius 3 is 2.80 bits per heavy atom. The number of phenols is 1. The third-order valence-corrected chi connectivity index (χ3v) is 4.44. The van der Waals surface area contributed by atoms with Crippen molar-refractivity contribution in [1.29, 1.82) is 0 Å². The van der Waals surface area contributed by atoms with Crippen LogP contribution in [0.25, 0.3) is 0 Å². The summed E-state index contributed by atoms with van der Waals surface area (Å²) >= 11 is 0. The molecule has 0 saturated heterocycles. The maximum absolute atomic E-state index is 10.0. The molecule has 0 amide bonds. The number of hydrogen-bond acceptors (Lipinski definition) is 3. The fourth-order valence-corrected chi connectivity index (χ4v) is 3.10. The van der Waals surface area contributed by atoms with Crippen LogP contribution in [0.15, 0.2) is 18.2 Å². The van der Waals surface area contributed by atoms with Gasteiger partial charge in [0.1, 0.15) is 11.5 Å². The maximum atomic E-state index is 10.0. The SMILES string of the molecule is COc1ccc(O)c(C(C)NC2CCCC(C)CC2)c1. The molecule has 0 aliphatic heterocycles. The topological polar surface area (TPSA) is 41.5 Å². The molecular formula is C17H27NO2. The van der Waals surface area contributed by atoms with Crippen LogP contribution in [0.4, 0.5) is 0 Å². The molecule has 0 heterocycles. The largest absolute Gasteiger partial charge is 0.508 e. The molecule has 2 rings (SSSR count). The van der Waals surface area contributed by atoms with Crippen molar-refractivity contribution < 1.29 is 9.84 Å². The maximum Gasteiger partial charge on any atom is 0.120 e. The number of rotatable bonds is 4. The van der Waals surface area contributed by atoms with E-state index in [9.17, 15) is 5.11 Å². The summed E-state index contributed by atoms with van der Waals surface area (Å²) in [4.78, 5) is 0. The molecule has 1 aromatic rings. The van der Waals surface area contributed by atoms with E-state index in [0.29, 0.717) is 11.8 Å². The predicted octanol–water partition coefficient (Wildman–Crippen LogP) is 4.02. The molecule has 3 heteroatoms. The zero-order chi connectivity index (χ0) is 14.5. The van der Waals surface area contributed by atoms with Gasteiger partial charge in [0.05, 0.1) is 7.11 Å². The number of aromatic hydroxyl groups is 1. The van der Waals surface area contributed by atoms with Crippen LogP contribution in [0, 0.1) is 5.92 Å². The van der Waals surface area contributed by atoms with Crippen LogP contribution in [0.5, 0.6) is 11.5 Å². The van der Waals surface area contributed by atoms with Gasteiger partial charge in [-0.25, -0.2) is 0 Å². The van der Waals surface area contributed by atoms with Gasteiger partial charge in [-0.1, -0.05) is 19.8 Å². The fourth-order valence-electron chi connectivity index (χ4n) is 3.10. The highest BCUT2D eigenvalue weighted by atomic mass is 16.5. The minimum atomic E-state index is 0.142. The van der Waals surface area contributed by atoms with E-state index in [1.54, 1.807) is 19.2 Å². The van der Waals surface area contributed by atoms with Crippen molar-refractivity contribution in [3.8, 4) is 11.5 Å². The zero-order valence-electron chi connectivity index (χ0n) is 12.9. The minimum Gasteiger partial charge on any atom is -0.508 e. The lowest BCUT2D eigenvalue weighted by Gasteiger charge is -2.23. The van der Waals surface area contributed by atoms with Gasteiger partial charge in [0.15, 0.2) is 0 Å². The summed E-state index contributed by atoms with van der Waals surface area (Å²) < 4.78 is 5.25. The third-order valence-electron chi connectivity index (χ3n) is 4.44. The lowest BCUT2D eigenvalue weighted by atomic mass is 10.0. The summed E-state index contributed by atoms with van der Waals surface area (Å²) in [7, 11) is 1.65. The molecule has 0 aromatic heterocycles. The van der Waals surface area contributed by atoms with E-state index in [4.69, 9.17) is 4.74 Å². The number of phenolic OH excluding ortho intramolecular Hbond substituents is 1. The lowest BCUT2D eigenvalue weighted by molar-refractivity contribution is 0.387. The Bertz CT molecular complexity index is 433. The average molecular weight is 277 g/mol. The first kappa shape index (κ1) is 15.2. The van der Waals surface area contributed by atoms with E-state index < -0.39 is 0 Å². The molecule has 3 nitrogen and oxygen atoms in total. The molecule has 1 aromatic carbocycles. The van der Waals surface area contributed by atoms with Gasteiger partial charge in [-0.05, 0) is 50.3 Å². The number of benzene rings is 1. The van der Waals surface area contributed by atoms with Gasteiger partial charge in [0, 0.05) is 17.6 Å². The van der Waals surface area contributed by atoms with Crippen LogP contribution >= 0.6 is 0 Å². The van der Waals surface area contributed by atoms with Crippen molar-refractivity contribution >= 4 is 0 Å². The first-order valence-corrected chi connectivity index (χ1v) is 7.73. The van der Waals surface area contributed by atoms with Gasteiger partial charge in [-0.2, -0.15) is 0 Å². The van der Waals surface area contributed by atoms with Crippen molar-refractivity contribution in [2.45, 2.75) is 58.0 Å². The molecule has 2 N–H and O–H groups in total. The second-order valence-electron chi connectivity index (χ2n) is 6.12. The molecule has 20 heavy (non-hydrogen) atoms. The third kappa shape index (κ3) is 3.89. The molecule has 3 atom stereocenters. The first-order valence-electron chi connectivity index (χ1n) is 7.73. The van der Waals surface area contributed by atoms with E-state index in [1.807, 2.05) is 6.07 Å². The van der Waals surface area contributed by atoms with Gasteiger partial charge in [0.2, 0.25) is 0 Å². The van der Waals surface area contributed by atoms with Crippen LogP contribution in [0.1, 0.15) is 57.6 Å². The molecule has 0 spiro atoms. The lowest BCUT2D eigenvalue weighted by Crippen LogP contribution is -2.31. The second-order valence-corrected chi connectivity index (χ2v) is 6.12. The highest BCUT2D eigenvalue weighted by molar-refractivity contribution is 5.41. The summed E-state index contributed by atoms with van der Waals surface area (Å²) in [5.41, 5.74) is 0.918. The highest BCUT2D eigenvalue weighted by Gasteiger charge is 2.19. The van der Waals surface area contributed by atoms with Gasteiger partial charge in [0.25, 0.3) is 0 Å². The van der Waals surface area contributed by atoms with E-state index in [0.717, 1.165) is 17.2 Å². The molecule has 1 saturated carbocycles. The van der Waals surface area contributed by atoms with Crippen molar-refractivity contribution in [2.24, 2.45) is 5.92 Å². The molecule has 112 valence electrons. The Morgan fingerprint density at radius 1 is 1.25 bits per heavy atom. The zero-order valence-corrected chi connectivity index (χ0v) is 12.9. The average Bonchev–Trinajstić information content (AvgIpc) is 2.64. The van der Waals surface area contributed by atoms with Gasteiger partial charge in [-0.15, -0.1) is 0 Å². The number of nitrogens with one attached hydrogen (secondary N) is 1.